The molecule has 0 rings (SSSR count). The van der Waals surface area contributed by atoms with E-state index in [1.165, 1.54) is 0 Å². The quantitative estimate of drug-likeness (QED) is 0.411. The molecule has 0 radical (unpaired) electrons. The minimum absolute atomic E-state index is 1.33. The molecule has 0 bridgehead atoms. The molecule has 0 aromatic heterocycles. The Morgan fingerprint density at radius 3 is 1.79 bits per heavy atom. The van der Waals surface area contributed by atoms with Crippen molar-refractivity contribution in [2.24, 2.45) is 5.73 Å². The Hall–Kier alpha value is -1.70. The molecule has 80 valence electrons. The van der Waals surface area contributed by atoms with Gasteiger partial charge in [0.2, 0.25) is 0 Å². The topological polar surface area (TPSA) is 138 Å². The van der Waals surface area contributed by atoms with Crippen LogP contribution in [0.1, 0.15) is 6.42 Å². The van der Waals surface area contributed by atoms with E-state index in [4.69, 9.17) is 21.1 Å². The number of alkyl halides is 1. The highest BCUT2D eigenvalue weighted by molar-refractivity contribution is 6.02. The molecule has 0 aliphatic heterocycles. The lowest BCUT2D eigenvalue weighted by Gasteiger charge is -2.17. The van der Waals surface area contributed by atoms with Crippen LogP contribution in [0, 0.1) is 0 Å². The first-order chi connectivity index (χ1) is 6.21. The SMILES string of the molecule is NC(CC(F)(C(=O)O)C(=O)O)C(=O)O. The average Bonchev–Trinajstić information content (AvgIpc) is 2.02. The van der Waals surface area contributed by atoms with Crippen molar-refractivity contribution in [3.05, 3.63) is 0 Å². The Balaban J connectivity index is 4.79. The Morgan fingerprint density at radius 2 is 1.57 bits per heavy atom. The van der Waals surface area contributed by atoms with Gasteiger partial charge in [-0.2, -0.15) is 0 Å². The average molecular weight is 209 g/mol. The molecule has 1 unspecified atom stereocenters. The fourth-order valence-corrected chi connectivity index (χ4v) is 0.656. The van der Waals surface area contributed by atoms with Crippen molar-refractivity contribution >= 4 is 17.9 Å². The summed E-state index contributed by atoms with van der Waals surface area (Å²) in [6.45, 7) is 0. The van der Waals surface area contributed by atoms with E-state index in [-0.39, 0.29) is 0 Å². The van der Waals surface area contributed by atoms with Crippen molar-refractivity contribution in [3.63, 3.8) is 0 Å². The third kappa shape index (κ3) is 2.39. The van der Waals surface area contributed by atoms with Crippen molar-refractivity contribution in [3.8, 4) is 0 Å². The van der Waals surface area contributed by atoms with Gasteiger partial charge in [0.15, 0.2) is 0 Å². The molecule has 0 aromatic carbocycles. The smallest absolute Gasteiger partial charge is 0.353 e. The number of carboxylic acid groups (broad SMARTS) is 3. The first-order valence-corrected chi connectivity index (χ1v) is 3.36. The summed E-state index contributed by atoms with van der Waals surface area (Å²) in [5, 5.41) is 24.7. The van der Waals surface area contributed by atoms with Crippen LogP contribution in [-0.2, 0) is 14.4 Å². The molecule has 0 fully saturated rings. The number of aliphatic carboxylic acids is 3. The number of hydrogen-bond donors (Lipinski definition) is 4. The van der Waals surface area contributed by atoms with Gasteiger partial charge in [0.25, 0.3) is 0 Å². The minimum Gasteiger partial charge on any atom is -0.480 e. The fourth-order valence-electron chi connectivity index (χ4n) is 0.656. The first kappa shape index (κ1) is 12.3. The van der Waals surface area contributed by atoms with Gasteiger partial charge >= 0.3 is 23.6 Å². The van der Waals surface area contributed by atoms with E-state index in [1.807, 2.05) is 0 Å². The molecule has 1 atom stereocenters. The monoisotopic (exact) mass is 209 g/mol. The summed E-state index contributed by atoms with van der Waals surface area (Å²) in [6.07, 6.45) is -1.33. The van der Waals surface area contributed by atoms with Crippen LogP contribution in [-0.4, -0.2) is 44.9 Å². The van der Waals surface area contributed by atoms with Crippen LogP contribution in [0.25, 0.3) is 0 Å². The zero-order valence-electron chi connectivity index (χ0n) is 6.81. The van der Waals surface area contributed by atoms with Crippen LogP contribution in [0.5, 0.6) is 0 Å². The van der Waals surface area contributed by atoms with Crippen LogP contribution in [0.4, 0.5) is 4.39 Å². The van der Waals surface area contributed by atoms with Crippen molar-refractivity contribution in [2.75, 3.05) is 0 Å². The van der Waals surface area contributed by atoms with Crippen molar-refractivity contribution in [1.29, 1.82) is 0 Å². The lowest BCUT2D eigenvalue weighted by atomic mass is 9.97. The Bertz CT molecular complexity index is 263. The van der Waals surface area contributed by atoms with Crippen molar-refractivity contribution in [1.82, 2.24) is 0 Å². The molecule has 0 spiro atoms. The maximum atomic E-state index is 13.1. The predicted molar refractivity (Wildman–Crippen MR) is 39.3 cm³/mol. The number of rotatable bonds is 5. The summed E-state index contributed by atoms with van der Waals surface area (Å²) in [5.74, 6) is -6.22. The number of carboxylic acids is 3. The zero-order chi connectivity index (χ0) is 11.5. The highest BCUT2D eigenvalue weighted by Crippen LogP contribution is 2.18. The second-order valence-corrected chi connectivity index (χ2v) is 2.56. The van der Waals surface area contributed by atoms with Gasteiger partial charge in [-0.1, -0.05) is 0 Å². The summed E-state index contributed by atoms with van der Waals surface area (Å²) >= 11 is 0. The van der Waals surface area contributed by atoms with Gasteiger partial charge in [0.05, 0.1) is 0 Å². The summed E-state index contributed by atoms with van der Waals surface area (Å²) in [5.41, 5.74) is 1.14. The lowest BCUT2D eigenvalue weighted by Crippen LogP contribution is -2.48. The van der Waals surface area contributed by atoms with E-state index in [9.17, 15) is 18.8 Å². The Labute approximate surface area is 76.9 Å². The van der Waals surface area contributed by atoms with E-state index in [2.05, 4.69) is 0 Å². The molecular formula is C6H8FNO6. The van der Waals surface area contributed by atoms with Crippen LogP contribution in [0.15, 0.2) is 0 Å². The molecule has 14 heavy (non-hydrogen) atoms. The van der Waals surface area contributed by atoms with E-state index < -0.39 is 36.0 Å². The molecule has 0 aliphatic carbocycles. The normalized spacial score (nSPS) is 13.3. The van der Waals surface area contributed by atoms with Crippen molar-refractivity contribution in [2.45, 2.75) is 18.1 Å². The van der Waals surface area contributed by atoms with Gasteiger partial charge < -0.3 is 21.1 Å². The van der Waals surface area contributed by atoms with E-state index in [1.54, 1.807) is 0 Å². The third-order valence-electron chi connectivity index (χ3n) is 1.50. The standard InChI is InChI=1S/C6H8FNO6/c7-6(4(11)12,5(13)14)1-2(8)3(9)10/h2H,1,8H2,(H,9,10)(H,11,12)(H,13,14). The number of nitrogens with two attached hydrogens (primary N) is 1. The molecule has 0 amide bonds. The summed E-state index contributed by atoms with van der Waals surface area (Å²) in [4.78, 5) is 30.6. The van der Waals surface area contributed by atoms with Crippen LogP contribution in [0.3, 0.4) is 0 Å². The summed E-state index contributed by atoms with van der Waals surface area (Å²) in [6, 6.07) is -1.88. The second kappa shape index (κ2) is 4.01. The Kier molecular flexibility index (Phi) is 3.52. The predicted octanol–water partition coefficient (Wildman–Crippen LogP) is -1.33. The molecule has 0 aliphatic rings. The highest BCUT2D eigenvalue weighted by atomic mass is 19.1. The largest absolute Gasteiger partial charge is 0.480 e. The fraction of sp³-hybridized carbons (Fsp3) is 0.500. The van der Waals surface area contributed by atoms with Crippen LogP contribution < -0.4 is 5.73 Å². The maximum absolute atomic E-state index is 13.1. The number of halogens is 1. The third-order valence-corrected chi connectivity index (χ3v) is 1.50. The van der Waals surface area contributed by atoms with Crippen LogP contribution in [0.2, 0.25) is 0 Å². The lowest BCUT2D eigenvalue weighted by molar-refractivity contribution is -0.168. The molecule has 0 heterocycles. The zero-order valence-corrected chi connectivity index (χ0v) is 6.81. The van der Waals surface area contributed by atoms with E-state index in [0.29, 0.717) is 0 Å². The first-order valence-electron chi connectivity index (χ1n) is 3.36. The molecule has 0 saturated carbocycles. The van der Waals surface area contributed by atoms with Crippen molar-refractivity contribution < 1.29 is 34.1 Å². The van der Waals surface area contributed by atoms with E-state index in [0.717, 1.165) is 0 Å². The minimum atomic E-state index is -3.67. The molecule has 8 heteroatoms. The second-order valence-electron chi connectivity index (χ2n) is 2.56. The number of carbonyl (C=O) groups is 3. The van der Waals surface area contributed by atoms with Gasteiger partial charge in [-0.15, -0.1) is 0 Å². The van der Waals surface area contributed by atoms with Crippen LogP contribution >= 0.6 is 0 Å². The van der Waals surface area contributed by atoms with Gasteiger partial charge in [-0.25, -0.2) is 14.0 Å². The summed E-state index contributed by atoms with van der Waals surface area (Å²) < 4.78 is 13.1. The highest BCUT2D eigenvalue weighted by Gasteiger charge is 2.49. The van der Waals surface area contributed by atoms with E-state index >= 15 is 0 Å². The molecular weight excluding hydrogens is 201 g/mol. The Morgan fingerprint density at radius 1 is 1.21 bits per heavy atom. The summed E-state index contributed by atoms with van der Waals surface area (Å²) in [7, 11) is 0. The molecule has 0 saturated heterocycles. The maximum Gasteiger partial charge on any atom is 0.353 e. The van der Waals surface area contributed by atoms with Gasteiger partial charge in [-0.3, -0.25) is 4.79 Å². The van der Waals surface area contributed by atoms with Gasteiger partial charge in [0, 0.05) is 6.42 Å². The molecule has 0 aromatic rings. The van der Waals surface area contributed by atoms with Gasteiger partial charge in [0.1, 0.15) is 6.04 Å². The molecule has 7 nitrogen and oxygen atoms in total. The van der Waals surface area contributed by atoms with Gasteiger partial charge in [-0.05, 0) is 0 Å². The number of hydrogen-bond acceptors (Lipinski definition) is 4. The molecule has 5 N–H and O–H groups in total.